The van der Waals surface area contributed by atoms with Crippen LogP contribution < -0.4 is 4.74 Å². The summed E-state index contributed by atoms with van der Waals surface area (Å²) < 4.78 is 5.52. The lowest BCUT2D eigenvalue weighted by molar-refractivity contribution is 0.0535. The molecule has 2 aromatic carbocycles. The minimum atomic E-state index is -0.974. The zero-order valence-electron chi connectivity index (χ0n) is 15.6. The molecule has 0 unspecified atom stereocenters. The van der Waals surface area contributed by atoms with Crippen LogP contribution in [-0.2, 0) is 5.41 Å². The van der Waals surface area contributed by atoms with Gasteiger partial charge in [-0.1, -0.05) is 26.0 Å². The lowest BCUT2D eigenvalue weighted by Crippen LogP contribution is -2.30. The molecule has 142 valence electrons. The number of nitrogens with zero attached hydrogens (tertiary/aromatic N) is 1. The zero-order chi connectivity index (χ0) is 20.1. The number of benzene rings is 2. The highest BCUT2D eigenvalue weighted by atomic mass is 16.5. The fourth-order valence-corrected chi connectivity index (χ4v) is 3.83. The molecule has 0 saturated carbocycles. The average molecular weight is 376 g/mol. The summed E-state index contributed by atoms with van der Waals surface area (Å²) in [6.07, 6.45) is -0.974. The number of ether oxygens (including phenoxy) is 1. The standard InChI is InChI=1S/C22H20N2O4/c1-22(2)17-6-4-14(28-11-13(26)10-25)8-16(17)20(27)19-15-5-3-12(9-23)7-18(15)24-21(19)22/h3-8,13,24-26H,10-11H2,1-2H3/t13-/m0/s1. The number of aliphatic hydroxyl groups excluding tert-OH is 2. The van der Waals surface area contributed by atoms with Gasteiger partial charge in [-0.05, 0) is 29.8 Å². The van der Waals surface area contributed by atoms with E-state index in [9.17, 15) is 9.90 Å². The third-order valence-electron chi connectivity index (χ3n) is 5.34. The largest absolute Gasteiger partial charge is 0.491 e. The number of H-pyrrole nitrogens is 1. The summed E-state index contributed by atoms with van der Waals surface area (Å²) >= 11 is 0. The monoisotopic (exact) mass is 376 g/mol. The Morgan fingerprint density at radius 3 is 2.75 bits per heavy atom. The quantitative estimate of drug-likeness (QED) is 0.649. The fraction of sp³-hybridized carbons (Fsp3) is 0.273. The smallest absolute Gasteiger partial charge is 0.195 e. The first-order valence-electron chi connectivity index (χ1n) is 9.04. The first kappa shape index (κ1) is 18.2. The Balaban J connectivity index is 1.84. The Hall–Kier alpha value is -3.14. The summed E-state index contributed by atoms with van der Waals surface area (Å²) in [4.78, 5) is 16.7. The van der Waals surface area contributed by atoms with E-state index in [2.05, 4.69) is 11.1 Å². The molecule has 1 aromatic heterocycles. The summed E-state index contributed by atoms with van der Waals surface area (Å²) in [7, 11) is 0. The van der Waals surface area contributed by atoms with E-state index >= 15 is 0 Å². The second-order valence-corrected chi connectivity index (χ2v) is 7.56. The van der Waals surface area contributed by atoms with Gasteiger partial charge >= 0.3 is 0 Å². The minimum Gasteiger partial charge on any atom is -0.491 e. The number of rotatable bonds is 4. The van der Waals surface area contributed by atoms with Crippen LogP contribution in [0.1, 0.15) is 46.6 Å². The third kappa shape index (κ3) is 2.68. The van der Waals surface area contributed by atoms with Gasteiger partial charge in [-0.25, -0.2) is 0 Å². The lowest BCUT2D eigenvalue weighted by atomic mass is 9.71. The molecule has 0 spiro atoms. The van der Waals surface area contributed by atoms with Crippen molar-refractivity contribution in [3.63, 3.8) is 0 Å². The number of carbonyl (C=O) groups is 1. The van der Waals surface area contributed by atoms with Crippen molar-refractivity contribution >= 4 is 16.7 Å². The van der Waals surface area contributed by atoms with E-state index in [-0.39, 0.29) is 19.0 Å². The number of ketones is 1. The SMILES string of the molecule is CC1(C)c2ccc(OC[C@@H](O)CO)cc2C(=O)c2c1[nH]c1cc(C#N)ccc21. The van der Waals surface area contributed by atoms with Gasteiger partial charge in [0, 0.05) is 27.6 Å². The molecule has 1 aliphatic rings. The highest BCUT2D eigenvalue weighted by Crippen LogP contribution is 2.44. The van der Waals surface area contributed by atoms with Crippen LogP contribution in [0.25, 0.3) is 10.9 Å². The molecular formula is C22H20N2O4. The first-order valence-corrected chi connectivity index (χ1v) is 9.04. The van der Waals surface area contributed by atoms with Crippen LogP contribution in [0.2, 0.25) is 0 Å². The minimum absolute atomic E-state index is 0.0534. The van der Waals surface area contributed by atoms with Gasteiger partial charge in [0.1, 0.15) is 18.5 Å². The van der Waals surface area contributed by atoms with Crippen molar-refractivity contribution in [1.29, 1.82) is 5.26 Å². The molecule has 1 heterocycles. The number of aromatic amines is 1. The van der Waals surface area contributed by atoms with Crippen LogP contribution in [0.4, 0.5) is 0 Å². The van der Waals surface area contributed by atoms with Gasteiger partial charge in [0.2, 0.25) is 0 Å². The molecule has 3 aromatic rings. The van der Waals surface area contributed by atoms with Crippen molar-refractivity contribution in [3.8, 4) is 11.8 Å². The normalized spacial score (nSPS) is 15.6. The summed E-state index contributed by atoms with van der Waals surface area (Å²) in [5.41, 5.74) is 3.75. The molecule has 0 bridgehead atoms. The molecule has 0 saturated heterocycles. The van der Waals surface area contributed by atoms with Crippen LogP contribution >= 0.6 is 0 Å². The molecule has 6 heteroatoms. The van der Waals surface area contributed by atoms with E-state index < -0.39 is 11.5 Å². The fourth-order valence-electron chi connectivity index (χ4n) is 3.83. The van der Waals surface area contributed by atoms with Gasteiger partial charge in [-0.15, -0.1) is 0 Å². The number of nitrogens with one attached hydrogen (secondary N) is 1. The Labute approximate surface area is 162 Å². The Kier molecular flexibility index (Phi) is 4.22. The van der Waals surface area contributed by atoms with Gasteiger partial charge < -0.3 is 19.9 Å². The van der Waals surface area contributed by atoms with Crippen molar-refractivity contribution in [3.05, 3.63) is 64.3 Å². The number of aromatic nitrogens is 1. The molecule has 0 amide bonds. The highest BCUT2D eigenvalue weighted by Gasteiger charge is 2.39. The topological polar surface area (TPSA) is 106 Å². The van der Waals surface area contributed by atoms with Gasteiger partial charge in [-0.3, -0.25) is 4.79 Å². The number of hydrogen-bond acceptors (Lipinski definition) is 5. The van der Waals surface area contributed by atoms with Crippen LogP contribution in [-0.4, -0.2) is 40.3 Å². The van der Waals surface area contributed by atoms with Crippen molar-refractivity contribution in [2.45, 2.75) is 25.4 Å². The Bertz CT molecular complexity index is 1140. The van der Waals surface area contributed by atoms with Crippen LogP contribution in [0.3, 0.4) is 0 Å². The molecule has 28 heavy (non-hydrogen) atoms. The van der Waals surface area contributed by atoms with E-state index in [1.807, 2.05) is 19.9 Å². The number of aliphatic hydroxyl groups is 2. The number of fused-ring (bicyclic) bond motifs is 4. The second kappa shape index (κ2) is 6.48. The van der Waals surface area contributed by atoms with Crippen molar-refractivity contribution < 1.29 is 19.7 Å². The predicted molar refractivity (Wildman–Crippen MR) is 104 cm³/mol. The summed E-state index contributed by atoms with van der Waals surface area (Å²) in [5, 5.41) is 28.4. The summed E-state index contributed by atoms with van der Waals surface area (Å²) in [6, 6.07) is 12.7. The predicted octanol–water partition coefficient (Wildman–Crippen LogP) is 2.64. The van der Waals surface area contributed by atoms with E-state index in [0.29, 0.717) is 22.4 Å². The number of carbonyl (C=O) groups excluding carboxylic acids is 1. The van der Waals surface area contributed by atoms with Crippen LogP contribution in [0.5, 0.6) is 5.75 Å². The number of hydrogen-bond donors (Lipinski definition) is 3. The van der Waals surface area contributed by atoms with Crippen LogP contribution in [0, 0.1) is 11.3 Å². The maximum atomic E-state index is 13.3. The molecule has 4 rings (SSSR count). The molecule has 1 aliphatic carbocycles. The maximum absolute atomic E-state index is 13.3. The van der Waals surface area contributed by atoms with Gasteiger partial charge in [-0.2, -0.15) is 5.26 Å². The zero-order valence-corrected chi connectivity index (χ0v) is 15.6. The molecule has 3 N–H and O–H groups in total. The summed E-state index contributed by atoms with van der Waals surface area (Å²) in [6.45, 7) is 3.66. The van der Waals surface area contributed by atoms with Crippen molar-refractivity contribution in [1.82, 2.24) is 4.98 Å². The van der Waals surface area contributed by atoms with Crippen LogP contribution in [0.15, 0.2) is 36.4 Å². The molecule has 0 aliphatic heterocycles. The van der Waals surface area contributed by atoms with Crippen molar-refractivity contribution in [2.75, 3.05) is 13.2 Å². The van der Waals surface area contributed by atoms with E-state index in [0.717, 1.165) is 22.2 Å². The maximum Gasteiger partial charge on any atom is 0.195 e. The van der Waals surface area contributed by atoms with Gasteiger partial charge in [0.15, 0.2) is 5.78 Å². The highest BCUT2D eigenvalue weighted by molar-refractivity contribution is 6.20. The molecule has 0 radical (unpaired) electrons. The Morgan fingerprint density at radius 2 is 2.04 bits per heavy atom. The van der Waals surface area contributed by atoms with E-state index in [4.69, 9.17) is 15.1 Å². The second-order valence-electron chi connectivity index (χ2n) is 7.56. The lowest BCUT2D eigenvalue weighted by Gasteiger charge is -2.32. The first-order chi connectivity index (χ1) is 13.4. The molecule has 1 atom stereocenters. The molecule has 6 nitrogen and oxygen atoms in total. The van der Waals surface area contributed by atoms with E-state index in [1.165, 1.54) is 0 Å². The number of nitriles is 1. The molecular weight excluding hydrogens is 356 g/mol. The van der Waals surface area contributed by atoms with E-state index in [1.54, 1.807) is 30.3 Å². The summed E-state index contributed by atoms with van der Waals surface area (Å²) in [5.74, 6) is 0.360. The van der Waals surface area contributed by atoms with Gasteiger partial charge in [0.25, 0.3) is 0 Å². The Morgan fingerprint density at radius 1 is 1.25 bits per heavy atom. The average Bonchev–Trinajstić information content (AvgIpc) is 3.10. The molecule has 0 fully saturated rings. The van der Waals surface area contributed by atoms with Gasteiger partial charge in [0.05, 0.1) is 23.8 Å². The third-order valence-corrected chi connectivity index (χ3v) is 5.34. The van der Waals surface area contributed by atoms with Crippen molar-refractivity contribution in [2.24, 2.45) is 0 Å².